The largest absolute Gasteiger partial charge is 0.389 e. The summed E-state index contributed by atoms with van der Waals surface area (Å²) >= 11 is 0. The second-order valence-corrected chi connectivity index (χ2v) is 4.92. The third-order valence-electron chi connectivity index (χ3n) is 2.36. The van der Waals surface area contributed by atoms with Gasteiger partial charge in [0.1, 0.15) is 5.69 Å². The first-order valence-corrected chi connectivity index (χ1v) is 5.39. The molecule has 0 bridgehead atoms. The molecule has 17 heavy (non-hydrogen) atoms. The van der Waals surface area contributed by atoms with Gasteiger partial charge in [-0.1, -0.05) is 6.07 Å². The summed E-state index contributed by atoms with van der Waals surface area (Å²) in [6, 6.07) is 4.95. The van der Waals surface area contributed by atoms with Crippen molar-refractivity contribution in [2.45, 2.75) is 26.4 Å². The summed E-state index contributed by atoms with van der Waals surface area (Å²) in [5.74, 6) is 0. The van der Waals surface area contributed by atoms with Crippen molar-refractivity contribution in [1.29, 1.82) is 0 Å². The Hall–Kier alpha value is -1.62. The Morgan fingerprint density at radius 2 is 2.06 bits per heavy atom. The van der Waals surface area contributed by atoms with E-state index < -0.39 is 10.5 Å². The zero-order chi connectivity index (χ0) is 13.2. The summed E-state index contributed by atoms with van der Waals surface area (Å²) in [4.78, 5) is 12.2. The van der Waals surface area contributed by atoms with Crippen molar-refractivity contribution < 1.29 is 10.0 Å². The normalized spacial score (nSPS) is 11.4. The lowest BCUT2D eigenvalue weighted by atomic mass is 10.1. The zero-order valence-corrected chi connectivity index (χ0v) is 10.6. The Labute approximate surface area is 101 Å². The minimum absolute atomic E-state index is 0.0577. The van der Waals surface area contributed by atoms with Gasteiger partial charge in [-0.15, -0.1) is 0 Å². The van der Waals surface area contributed by atoms with E-state index in [4.69, 9.17) is 0 Å². The van der Waals surface area contributed by atoms with E-state index in [1.165, 1.54) is 6.07 Å². The van der Waals surface area contributed by atoms with Crippen LogP contribution in [-0.2, 0) is 0 Å². The van der Waals surface area contributed by atoms with Crippen LogP contribution in [0.15, 0.2) is 18.2 Å². The maximum absolute atomic E-state index is 10.9. The fourth-order valence-corrected chi connectivity index (χ4v) is 1.76. The van der Waals surface area contributed by atoms with Gasteiger partial charge >= 0.3 is 0 Å². The van der Waals surface area contributed by atoms with Gasteiger partial charge < -0.3 is 10.0 Å². The van der Waals surface area contributed by atoms with Crippen LogP contribution in [0, 0.1) is 17.0 Å². The van der Waals surface area contributed by atoms with Gasteiger partial charge in [0.05, 0.1) is 10.5 Å². The molecule has 5 heteroatoms. The summed E-state index contributed by atoms with van der Waals surface area (Å²) in [6.07, 6.45) is 0. The maximum Gasteiger partial charge on any atom is 0.292 e. The molecule has 0 aliphatic heterocycles. The number of anilines is 1. The van der Waals surface area contributed by atoms with Gasteiger partial charge in [-0.3, -0.25) is 10.1 Å². The summed E-state index contributed by atoms with van der Waals surface area (Å²) < 4.78 is 0. The molecule has 0 spiro atoms. The van der Waals surface area contributed by atoms with Crippen LogP contribution < -0.4 is 4.90 Å². The molecule has 94 valence electrons. The van der Waals surface area contributed by atoms with E-state index in [1.807, 2.05) is 6.92 Å². The lowest BCUT2D eigenvalue weighted by Crippen LogP contribution is -2.36. The minimum atomic E-state index is -0.896. The van der Waals surface area contributed by atoms with Crippen molar-refractivity contribution in [2.24, 2.45) is 0 Å². The van der Waals surface area contributed by atoms with Gasteiger partial charge in [0.25, 0.3) is 5.69 Å². The van der Waals surface area contributed by atoms with Gasteiger partial charge in [0.2, 0.25) is 0 Å². The Morgan fingerprint density at radius 1 is 1.47 bits per heavy atom. The molecule has 0 radical (unpaired) electrons. The molecule has 0 unspecified atom stereocenters. The number of rotatable bonds is 4. The van der Waals surface area contributed by atoms with Crippen LogP contribution in [0.4, 0.5) is 11.4 Å². The number of hydrogen-bond acceptors (Lipinski definition) is 4. The van der Waals surface area contributed by atoms with Gasteiger partial charge in [0.15, 0.2) is 0 Å². The fraction of sp³-hybridized carbons (Fsp3) is 0.500. The van der Waals surface area contributed by atoms with Gasteiger partial charge in [0, 0.05) is 19.7 Å². The summed E-state index contributed by atoms with van der Waals surface area (Å²) in [5.41, 5.74) is 0.638. The minimum Gasteiger partial charge on any atom is -0.389 e. The Morgan fingerprint density at radius 3 is 2.53 bits per heavy atom. The molecule has 1 N–H and O–H groups in total. The number of likely N-dealkylation sites (N-methyl/N-ethyl adjacent to an activating group) is 1. The van der Waals surface area contributed by atoms with E-state index in [9.17, 15) is 15.2 Å². The Bertz CT molecular complexity index is 424. The van der Waals surface area contributed by atoms with E-state index in [0.29, 0.717) is 12.2 Å². The maximum atomic E-state index is 10.9. The quantitative estimate of drug-likeness (QED) is 0.644. The highest BCUT2D eigenvalue weighted by Crippen LogP contribution is 2.29. The summed E-state index contributed by atoms with van der Waals surface area (Å²) in [6.45, 7) is 5.55. The molecule has 1 aromatic rings. The number of benzene rings is 1. The number of nitrogens with zero attached hydrogens (tertiary/aromatic N) is 2. The van der Waals surface area contributed by atoms with Gasteiger partial charge in [-0.2, -0.15) is 0 Å². The highest BCUT2D eigenvalue weighted by molar-refractivity contribution is 5.64. The molecule has 0 aromatic heterocycles. The number of nitro groups is 1. The van der Waals surface area contributed by atoms with E-state index in [0.717, 1.165) is 5.56 Å². The van der Waals surface area contributed by atoms with Crippen molar-refractivity contribution in [3.63, 3.8) is 0 Å². The van der Waals surface area contributed by atoms with Crippen LogP contribution in [0.5, 0.6) is 0 Å². The molecule has 1 aromatic carbocycles. The topological polar surface area (TPSA) is 66.6 Å². The predicted molar refractivity (Wildman–Crippen MR) is 67.4 cm³/mol. The molecule has 0 heterocycles. The van der Waals surface area contributed by atoms with Crippen LogP contribution in [0.2, 0.25) is 0 Å². The highest BCUT2D eigenvalue weighted by Gasteiger charge is 2.22. The summed E-state index contributed by atoms with van der Waals surface area (Å²) in [5, 5.41) is 20.7. The number of hydrogen-bond donors (Lipinski definition) is 1. The molecule has 0 aliphatic carbocycles. The van der Waals surface area contributed by atoms with E-state index in [-0.39, 0.29) is 5.69 Å². The molecule has 5 nitrogen and oxygen atoms in total. The smallest absolute Gasteiger partial charge is 0.292 e. The van der Waals surface area contributed by atoms with Crippen LogP contribution >= 0.6 is 0 Å². The molecular formula is C12H18N2O3. The average molecular weight is 238 g/mol. The van der Waals surface area contributed by atoms with Crippen LogP contribution in [0.3, 0.4) is 0 Å². The van der Waals surface area contributed by atoms with Crippen molar-refractivity contribution in [3.8, 4) is 0 Å². The van der Waals surface area contributed by atoms with Gasteiger partial charge in [-0.25, -0.2) is 0 Å². The predicted octanol–water partition coefficient (Wildman–Crippen LogP) is 2.11. The fourth-order valence-electron chi connectivity index (χ4n) is 1.76. The van der Waals surface area contributed by atoms with Gasteiger partial charge in [-0.05, 0) is 32.4 Å². The molecule has 0 saturated heterocycles. The van der Waals surface area contributed by atoms with Crippen molar-refractivity contribution in [1.82, 2.24) is 0 Å². The number of aliphatic hydroxyl groups is 1. The second kappa shape index (κ2) is 4.71. The molecule has 1 rings (SSSR count). The van der Waals surface area contributed by atoms with Crippen LogP contribution in [0.25, 0.3) is 0 Å². The van der Waals surface area contributed by atoms with Crippen LogP contribution in [-0.4, -0.2) is 29.2 Å². The molecule has 0 amide bonds. The van der Waals surface area contributed by atoms with Crippen molar-refractivity contribution in [2.75, 3.05) is 18.5 Å². The third kappa shape index (κ3) is 3.71. The van der Waals surface area contributed by atoms with Crippen molar-refractivity contribution >= 4 is 11.4 Å². The van der Waals surface area contributed by atoms with Crippen LogP contribution in [0.1, 0.15) is 19.4 Å². The Balaban J connectivity index is 3.10. The lowest BCUT2D eigenvalue weighted by molar-refractivity contribution is -0.384. The third-order valence-corrected chi connectivity index (χ3v) is 2.36. The standard InChI is InChI=1S/C12H18N2O3/c1-9-5-6-10(14(16)17)11(7-9)13(4)8-12(2,3)15/h5-7,15H,8H2,1-4H3. The number of aryl methyl sites for hydroxylation is 1. The molecular weight excluding hydrogens is 220 g/mol. The van der Waals surface area contributed by atoms with Crippen molar-refractivity contribution in [3.05, 3.63) is 33.9 Å². The second-order valence-electron chi connectivity index (χ2n) is 4.92. The first kappa shape index (κ1) is 13.4. The SMILES string of the molecule is Cc1ccc([N+](=O)[O-])c(N(C)CC(C)(C)O)c1. The lowest BCUT2D eigenvalue weighted by Gasteiger charge is -2.27. The first-order chi connectivity index (χ1) is 7.70. The Kier molecular flexibility index (Phi) is 3.72. The first-order valence-electron chi connectivity index (χ1n) is 5.39. The van der Waals surface area contributed by atoms with E-state index in [1.54, 1.807) is 37.9 Å². The van der Waals surface area contributed by atoms with E-state index >= 15 is 0 Å². The van der Waals surface area contributed by atoms with E-state index in [2.05, 4.69) is 0 Å². The summed E-state index contributed by atoms with van der Waals surface area (Å²) in [7, 11) is 1.74. The highest BCUT2D eigenvalue weighted by atomic mass is 16.6. The zero-order valence-electron chi connectivity index (χ0n) is 10.6. The monoisotopic (exact) mass is 238 g/mol. The number of nitro benzene ring substituents is 1. The molecule has 0 atom stereocenters. The molecule has 0 aliphatic rings. The molecule has 0 saturated carbocycles. The average Bonchev–Trinajstić information content (AvgIpc) is 2.14. The molecule has 0 fully saturated rings.